The molecule has 0 aliphatic rings. The Hall–Kier alpha value is -2.87. The van der Waals surface area contributed by atoms with Crippen molar-refractivity contribution in [1.29, 1.82) is 0 Å². The van der Waals surface area contributed by atoms with Crippen molar-refractivity contribution < 1.29 is 13.2 Å². The summed E-state index contributed by atoms with van der Waals surface area (Å²) in [6.45, 7) is 3.96. The van der Waals surface area contributed by atoms with Crippen LogP contribution in [-0.4, -0.2) is 21.0 Å². The number of para-hydroxylation sites is 1. The van der Waals surface area contributed by atoms with Gasteiger partial charge in [0.2, 0.25) is 5.95 Å². The molecule has 0 unspecified atom stereocenters. The maximum absolute atomic E-state index is 13.4. The highest BCUT2D eigenvalue weighted by Crippen LogP contribution is 2.39. The molecule has 3 rings (SSSR count). The van der Waals surface area contributed by atoms with Crippen molar-refractivity contribution in [3.05, 3.63) is 59.2 Å². The van der Waals surface area contributed by atoms with Gasteiger partial charge in [-0.05, 0) is 37.6 Å². The largest absolute Gasteiger partial charge is 0.418 e. The van der Waals surface area contributed by atoms with Gasteiger partial charge in [0.15, 0.2) is 0 Å². The predicted molar refractivity (Wildman–Crippen MR) is 108 cm³/mol. The van der Waals surface area contributed by atoms with Gasteiger partial charge < -0.3 is 10.6 Å². The number of hydrogen-bond donors (Lipinski definition) is 2. The number of alkyl halides is 3. The Morgan fingerprint density at radius 2 is 1.86 bits per heavy atom. The lowest BCUT2D eigenvalue weighted by Crippen LogP contribution is -2.16. The number of aromatic nitrogens is 3. The lowest BCUT2D eigenvalue weighted by Gasteiger charge is -2.17. The van der Waals surface area contributed by atoms with E-state index < -0.39 is 11.7 Å². The fraction of sp³-hybridized carbons (Fsp3) is 0.250. The van der Waals surface area contributed by atoms with E-state index in [2.05, 4.69) is 25.6 Å². The summed E-state index contributed by atoms with van der Waals surface area (Å²) in [5, 5.41) is 5.80. The molecule has 0 amide bonds. The van der Waals surface area contributed by atoms with Crippen LogP contribution in [0, 0.1) is 0 Å². The molecular weight excluding hydrogens is 403 g/mol. The molecule has 0 fully saturated rings. The van der Waals surface area contributed by atoms with Crippen molar-refractivity contribution in [2.45, 2.75) is 32.5 Å². The van der Waals surface area contributed by atoms with Crippen LogP contribution in [0.2, 0.25) is 5.02 Å². The standard InChI is InChI=1S/C20H19ClF3N5/c1-3-12(2)26-19-27-16(15-9-4-5-10-25-15)11-17(29-19)28-18-13(20(22,23)24)7-6-8-14(18)21/h4-12H,3H2,1-2H3,(H2,26,27,28,29)/t12-/m1/s1. The Morgan fingerprint density at radius 3 is 2.52 bits per heavy atom. The van der Waals surface area contributed by atoms with Gasteiger partial charge in [-0.1, -0.05) is 30.7 Å². The molecular formula is C20H19ClF3N5. The molecule has 1 aromatic carbocycles. The van der Waals surface area contributed by atoms with Gasteiger partial charge in [0.25, 0.3) is 0 Å². The van der Waals surface area contributed by atoms with Crippen molar-refractivity contribution >= 4 is 29.1 Å². The first-order valence-corrected chi connectivity index (χ1v) is 9.35. The highest BCUT2D eigenvalue weighted by Gasteiger charge is 2.34. The van der Waals surface area contributed by atoms with Crippen molar-refractivity contribution in [2.24, 2.45) is 0 Å². The molecule has 1 atom stereocenters. The van der Waals surface area contributed by atoms with E-state index in [1.165, 1.54) is 18.2 Å². The van der Waals surface area contributed by atoms with E-state index in [-0.39, 0.29) is 28.5 Å². The number of benzene rings is 1. The molecule has 2 aromatic heterocycles. The third kappa shape index (κ3) is 5.14. The average Bonchev–Trinajstić information content (AvgIpc) is 2.69. The zero-order valence-electron chi connectivity index (χ0n) is 15.8. The maximum Gasteiger partial charge on any atom is 0.418 e. The minimum absolute atomic E-state index is 0.0609. The topological polar surface area (TPSA) is 62.7 Å². The summed E-state index contributed by atoms with van der Waals surface area (Å²) in [6, 6.07) is 10.5. The molecule has 0 spiro atoms. The van der Waals surface area contributed by atoms with Crippen molar-refractivity contribution in [1.82, 2.24) is 15.0 Å². The highest BCUT2D eigenvalue weighted by molar-refractivity contribution is 6.33. The Labute approximate surface area is 171 Å². The summed E-state index contributed by atoms with van der Waals surface area (Å²) in [4.78, 5) is 13.0. The van der Waals surface area contributed by atoms with Gasteiger partial charge >= 0.3 is 6.18 Å². The smallest absolute Gasteiger partial charge is 0.352 e. The lowest BCUT2D eigenvalue weighted by molar-refractivity contribution is -0.136. The fourth-order valence-electron chi connectivity index (χ4n) is 2.56. The number of pyridine rings is 1. The fourth-order valence-corrected chi connectivity index (χ4v) is 2.78. The summed E-state index contributed by atoms with van der Waals surface area (Å²) in [5.74, 6) is 0.454. The molecule has 0 saturated carbocycles. The minimum Gasteiger partial charge on any atom is -0.352 e. The van der Waals surface area contributed by atoms with Crippen LogP contribution in [0.1, 0.15) is 25.8 Å². The zero-order valence-corrected chi connectivity index (χ0v) is 16.5. The van der Waals surface area contributed by atoms with Crippen LogP contribution in [0.3, 0.4) is 0 Å². The Bertz CT molecular complexity index is 980. The van der Waals surface area contributed by atoms with Crippen LogP contribution in [0.4, 0.5) is 30.6 Å². The van der Waals surface area contributed by atoms with E-state index in [0.717, 1.165) is 12.5 Å². The van der Waals surface area contributed by atoms with E-state index in [1.54, 1.807) is 24.4 Å². The predicted octanol–water partition coefficient (Wildman–Crippen LogP) is 6.16. The molecule has 2 heterocycles. The van der Waals surface area contributed by atoms with Crippen LogP contribution in [0.15, 0.2) is 48.7 Å². The van der Waals surface area contributed by atoms with Crippen LogP contribution >= 0.6 is 11.6 Å². The number of hydrogen-bond acceptors (Lipinski definition) is 5. The van der Waals surface area contributed by atoms with Crippen LogP contribution in [-0.2, 0) is 6.18 Å². The summed E-state index contributed by atoms with van der Waals surface area (Å²) in [5.41, 5.74) is -0.101. The molecule has 0 aliphatic heterocycles. The van der Waals surface area contributed by atoms with E-state index >= 15 is 0 Å². The Morgan fingerprint density at radius 1 is 1.07 bits per heavy atom. The van der Waals surface area contributed by atoms with Crippen LogP contribution in [0.5, 0.6) is 0 Å². The first kappa shape index (κ1) is 20.9. The molecule has 0 radical (unpaired) electrons. The summed E-state index contributed by atoms with van der Waals surface area (Å²) < 4.78 is 40.3. The molecule has 3 aromatic rings. The van der Waals surface area contributed by atoms with Gasteiger partial charge in [0.1, 0.15) is 5.82 Å². The van der Waals surface area contributed by atoms with Gasteiger partial charge in [-0.15, -0.1) is 0 Å². The highest BCUT2D eigenvalue weighted by atomic mass is 35.5. The van der Waals surface area contributed by atoms with Crippen molar-refractivity contribution in [3.63, 3.8) is 0 Å². The second-order valence-corrected chi connectivity index (χ2v) is 6.82. The minimum atomic E-state index is -4.57. The quantitative estimate of drug-likeness (QED) is 0.498. The van der Waals surface area contributed by atoms with Crippen molar-refractivity contribution in [3.8, 4) is 11.4 Å². The van der Waals surface area contributed by atoms with E-state index in [0.29, 0.717) is 11.4 Å². The summed E-state index contributed by atoms with van der Waals surface area (Å²) >= 11 is 6.05. The number of halogens is 4. The van der Waals surface area contributed by atoms with Crippen LogP contribution in [0.25, 0.3) is 11.4 Å². The zero-order chi connectivity index (χ0) is 21.0. The molecule has 0 bridgehead atoms. The van der Waals surface area contributed by atoms with Gasteiger partial charge in [-0.2, -0.15) is 18.2 Å². The van der Waals surface area contributed by atoms with Gasteiger partial charge in [0.05, 0.1) is 27.7 Å². The second-order valence-electron chi connectivity index (χ2n) is 6.42. The first-order valence-electron chi connectivity index (χ1n) is 8.97. The molecule has 0 aliphatic carbocycles. The van der Waals surface area contributed by atoms with Gasteiger partial charge in [0, 0.05) is 18.3 Å². The normalized spacial score (nSPS) is 12.5. The second kappa shape index (κ2) is 8.65. The molecule has 0 saturated heterocycles. The summed E-state index contributed by atoms with van der Waals surface area (Å²) in [7, 11) is 0. The Kier molecular flexibility index (Phi) is 6.22. The van der Waals surface area contributed by atoms with Gasteiger partial charge in [-0.25, -0.2) is 4.98 Å². The molecule has 9 heteroatoms. The van der Waals surface area contributed by atoms with E-state index in [1.807, 2.05) is 13.8 Å². The third-order valence-corrected chi connectivity index (χ3v) is 4.53. The number of nitrogens with one attached hydrogen (secondary N) is 2. The molecule has 5 nitrogen and oxygen atoms in total. The number of anilines is 3. The number of nitrogens with zero attached hydrogens (tertiary/aromatic N) is 3. The number of rotatable bonds is 6. The van der Waals surface area contributed by atoms with E-state index in [4.69, 9.17) is 11.6 Å². The first-order chi connectivity index (χ1) is 13.8. The molecule has 152 valence electrons. The van der Waals surface area contributed by atoms with E-state index in [9.17, 15) is 13.2 Å². The van der Waals surface area contributed by atoms with Crippen LogP contribution < -0.4 is 10.6 Å². The SMILES string of the molecule is CC[C@@H](C)Nc1nc(Nc2c(Cl)cccc2C(F)(F)F)cc(-c2ccccn2)n1. The third-order valence-electron chi connectivity index (χ3n) is 4.21. The molecule has 29 heavy (non-hydrogen) atoms. The molecule has 2 N–H and O–H groups in total. The van der Waals surface area contributed by atoms with Gasteiger partial charge in [-0.3, -0.25) is 4.98 Å². The lowest BCUT2D eigenvalue weighted by atomic mass is 10.1. The van der Waals surface area contributed by atoms with Crippen molar-refractivity contribution in [2.75, 3.05) is 10.6 Å². The average molecular weight is 422 g/mol. The Balaban J connectivity index is 2.07. The monoisotopic (exact) mass is 421 g/mol. The summed E-state index contributed by atoms with van der Waals surface area (Å²) in [6.07, 6.45) is -2.13. The maximum atomic E-state index is 13.4.